The first-order valence-electron chi connectivity index (χ1n) is 10.7. The molecule has 0 fully saturated rings. The first-order chi connectivity index (χ1) is 14.9. The van der Waals surface area contributed by atoms with Crippen LogP contribution >= 0.6 is 11.6 Å². The van der Waals surface area contributed by atoms with Gasteiger partial charge in [-0.3, -0.25) is 0 Å². The third-order valence-electron chi connectivity index (χ3n) is 6.79. The van der Waals surface area contributed by atoms with E-state index < -0.39 is 0 Å². The Morgan fingerprint density at radius 3 is 2.28 bits per heavy atom. The SMILES string of the molecule is CN1/C(=C/C=C(Cl)/C=C/C2=[N+](C)c3ccc(F)cc3C2(C)C)C(C)(C)c2cc(F)ccc21. The highest BCUT2D eigenvalue weighted by Crippen LogP contribution is 2.47. The Kier molecular flexibility index (Phi) is 5.41. The Hall–Kier alpha value is -2.72. The van der Waals surface area contributed by atoms with Gasteiger partial charge in [-0.1, -0.05) is 25.4 Å². The zero-order chi connectivity index (χ0) is 23.4. The summed E-state index contributed by atoms with van der Waals surface area (Å²) in [5.74, 6) is -0.464. The molecular weight excluding hydrogens is 426 g/mol. The Morgan fingerprint density at radius 1 is 0.969 bits per heavy atom. The van der Waals surface area contributed by atoms with Crippen molar-refractivity contribution in [3.05, 3.63) is 94.2 Å². The summed E-state index contributed by atoms with van der Waals surface area (Å²) in [6, 6.07) is 9.81. The van der Waals surface area contributed by atoms with Gasteiger partial charge in [0.05, 0.1) is 5.41 Å². The van der Waals surface area contributed by atoms with Gasteiger partial charge in [-0.2, -0.15) is 4.58 Å². The van der Waals surface area contributed by atoms with E-state index in [-0.39, 0.29) is 22.5 Å². The van der Waals surface area contributed by atoms with Gasteiger partial charge in [0.15, 0.2) is 5.71 Å². The van der Waals surface area contributed by atoms with Gasteiger partial charge in [-0.25, -0.2) is 8.78 Å². The summed E-state index contributed by atoms with van der Waals surface area (Å²) in [6.07, 6.45) is 7.71. The highest BCUT2D eigenvalue weighted by molar-refractivity contribution is 6.31. The zero-order valence-electron chi connectivity index (χ0n) is 19.3. The summed E-state index contributed by atoms with van der Waals surface area (Å²) in [7, 11) is 3.97. The molecule has 0 aromatic heterocycles. The average Bonchev–Trinajstić information content (AvgIpc) is 3.02. The lowest BCUT2D eigenvalue weighted by Crippen LogP contribution is -2.26. The van der Waals surface area contributed by atoms with Crippen LogP contribution in [0.25, 0.3) is 0 Å². The van der Waals surface area contributed by atoms with Crippen LogP contribution in [-0.4, -0.2) is 24.4 Å². The van der Waals surface area contributed by atoms with Crippen LogP contribution in [0.5, 0.6) is 0 Å². The van der Waals surface area contributed by atoms with E-state index in [1.807, 2.05) is 50.5 Å². The van der Waals surface area contributed by atoms with Crippen molar-refractivity contribution in [1.29, 1.82) is 0 Å². The first kappa shape index (κ1) is 22.5. The van der Waals surface area contributed by atoms with Gasteiger partial charge < -0.3 is 4.90 Å². The third-order valence-corrected chi connectivity index (χ3v) is 7.04. The van der Waals surface area contributed by atoms with Gasteiger partial charge in [0.2, 0.25) is 5.69 Å². The van der Waals surface area contributed by atoms with Crippen LogP contribution in [-0.2, 0) is 10.8 Å². The van der Waals surface area contributed by atoms with E-state index in [0.717, 1.165) is 33.9 Å². The number of likely N-dealkylation sites (N-methyl/N-ethyl adjacent to an activating group) is 1. The summed E-state index contributed by atoms with van der Waals surface area (Å²) in [5, 5.41) is 0.572. The van der Waals surface area contributed by atoms with Crippen molar-refractivity contribution in [2.45, 2.75) is 38.5 Å². The summed E-state index contributed by atoms with van der Waals surface area (Å²) >= 11 is 6.55. The van der Waals surface area contributed by atoms with Crippen LogP contribution in [0, 0.1) is 11.6 Å². The van der Waals surface area contributed by atoms with Crippen molar-refractivity contribution in [3.8, 4) is 0 Å². The monoisotopic (exact) mass is 453 g/mol. The largest absolute Gasteiger partial charge is 0.347 e. The molecule has 166 valence electrons. The molecular formula is C27H28ClF2N2+. The fraction of sp³-hybridized carbons (Fsp3) is 0.296. The summed E-state index contributed by atoms with van der Waals surface area (Å²) in [6.45, 7) is 8.33. The molecule has 5 heteroatoms. The minimum atomic E-state index is -0.336. The molecule has 32 heavy (non-hydrogen) atoms. The zero-order valence-corrected chi connectivity index (χ0v) is 20.1. The molecule has 2 nitrogen and oxygen atoms in total. The minimum Gasteiger partial charge on any atom is -0.347 e. The van der Waals surface area contributed by atoms with Crippen LogP contribution in [0.3, 0.4) is 0 Å². The second-order valence-corrected chi connectivity index (χ2v) is 9.95. The maximum Gasteiger partial charge on any atom is 0.209 e. The molecule has 0 saturated heterocycles. The molecule has 2 heterocycles. The van der Waals surface area contributed by atoms with Crippen LogP contribution in [0.15, 0.2) is 71.4 Å². The Labute approximate surface area is 193 Å². The topological polar surface area (TPSA) is 6.25 Å². The molecule has 2 aromatic rings. The van der Waals surface area contributed by atoms with E-state index in [4.69, 9.17) is 11.6 Å². The van der Waals surface area contributed by atoms with Crippen molar-refractivity contribution in [2.24, 2.45) is 0 Å². The smallest absolute Gasteiger partial charge is 0.209 e. The van der Waals surface area contributed by atoms with Crippen LogP contribution in [0.1, 0.15) is 38.8 Å². The number of nitrogens with zero attached hydrogens (tertiary/aromatic N) is 2. The Morgan fingerprint density at radius 2 is 1.59 bits per heavy atom. The van der Waals surface area contributed by atoms with E-state index in [0.29, 0.717) is 5.03 Å². The van der Waals surface area contributed by atoms with Gasteiger partial charge in [-0.15, -0.1) is 0 Å². The maximum atomic E-state index is 13.8. The molecule has 0 unspecified atom stereocenters. The third kappa shape index (κ3) is 3.51. The van der Waals surface area contributed by atoms with Crippen molar-refractivity contribution in [1.82, 2.24) is 0 Å². The molecule has 0 radical (unpaired) electrons. The van der Waals surface area contributed by atoms with Crippen molar-refractivity contribution < 1.29 is 13.4 Å². The van der Waals surface area contributed by atoms with Crippen LogP contribution in [0.2, 0.25) is 0 Å². The molecule has 0 saturated carbocycles. The molecule has 0 amide bonds. The minimum absolute atomic E-state index is 0.232. The first-order valence-corrected chi connectivity index (χ1v) is 11.0. The van der Waals surface area contributed by atoms with Crippen LogP contribution < -0.4 is 4.90 Å². The molecule has 2 aliphatic rings. The highest BCUT2D eigenvalue weighted by Gasteiger charge is 2.43. The molecule has 0 aliphatic carbocycles. The van der Waals surface area contributed by atoms with E-state index in [2.05, 4.69) is 37.2 Å². The van der Waals surface area contributed by atoms with E-state index in [9.17, 15) is 8.78 Å². The van der Waals surface area contributed by atoms with Crippen LogP contribution in [0.4, 0.5) is 20.2 Å². The molecule has 4 rings (SSSR count). The van der Waals surface area contributed by atoms with E-state index in [1.54, 1.807) is 12.1 Å². The molecule has 0 N–H and O–H groups in total. The van der Waals surface area contributed by atoms with E-state index in [1.165, 1.54) is 12.1 Å². The number of benzene rings is 2. The maximum absolute atomic E-state index is 13.8. The highest BCUT2D eigenvalue weighted by atomic mass is 35.5. The van der Waals surface area contributed by atoms with Gasteiger partial charge in [0.1, 0.15) is 18.7 Å². The predicted molar refractivity (Wildman–Crippen MR) is 129 cm³/mol. The number of allylic oxidation sites excluding steroid dienone is 6. The van der Waals surface area contributed by atoms with Crippen molar-refractivity contribution >= 4 is 28.7 Å². The fourth-order valence-corrected chi connectivity index (χ4v) is 5.12. The van der Waals surface area contributed by atoms with Gasteiger partial charge in [0, 0.05) is 46.6 Å². The fourth-order valence-electron chi connectivity index (χ4n) is 4.99. The number of anilines is 1. The number of hydrogen-bond acceptors (Lipinski definition) is 1. The molecule has 0 spiro atoms. The van der Waals surface area contributed by atoms with Gasteiger partial charge in [0.25, 0.3) is 0 Å². The Bertz CT molecular complexity index is 1230. The van der Waals surface area contributed by atoms with E-state index >= 15 is 0 Å². The summed E-state index contributed by atoms with van der Waals surface area (Å²) < 4.78 is 29.7. The summed E-state index contributed by atoms with van der Waals surface area (Å²) in [5.41, 5.74) is 5.32. The second-order valence-electron chi connectivity index (χ2n) is 9.51. The Balaban J connectivity index is 1.63. The number of rotatable bonds is 3. The quantitative estimate of drug-likeness (QED) is 0.359. The number of halogens is 3. The lowest BCUT2D eigenvalue weighted by Gasteiger charge is -2.23. The van der Waals surface area contributed by atoms with Gasteiger partial charge >= 0.3 is 0 Å². The number of hydrogen-bond donors (Lipinski definition) is 0. The molecule has 0 bridgehead atoms. The van der Waals surface area contributed by atoms with Crippen molar-refractivity contribution in [3.63, 3.8) is 0 Å². The standard InChI is InChI=1S/C27H28ClF2N2/c1-26(2)20-15-18(29)9-11-22(20)31(5)24(26)13-7-17(28)8-14-25-27(3,4)21-16-19(30)10-12-23(21)32(25)6/h7-16H,1-6H3/q+1. The average molecular weight is 454 g/mol. The molecule has 2 aliphatic heterocycles. The van der Waals surface area contributed by atoms with Gasteiger partial charge in [-0.05, 0) is 68.0 Å². The second kappa shape index (κ2) is 7.70. The lowest BCUT2D eigenvalue weighted by molar-refractivity contribution is -0.401. The van der Waals surface area contributed by atoms with Crippen molar-refractivity contribution in [2.75, 3.05) is 19.0 Å². The normalized spacial score (nSPS) is 20.5. The lowest BCUT2D eigenvalue weighted by atomic mass is 9.81. The molecule has 2 aromatic carbocycles. The molecule has 0 atom stereocenters. The predicted octanol–water partition coefficient (Wildman–Crippen LogP) is 6.96. The summed E-state index contributed by atoms with van der Waals surface area (Å²) in [4.78, 5) is 2.08. The number of fused-ring (bicyclic) bond motifs is 2.